The maximum atomic E-state index is 14.6. The van der Waals surface area contributed by atoms with Gasteiger partial charge in [-0.2, -0.15) is 0 Å². The molecule has 0 saturated carbocycles. The van der Waals surface area contributed by atoms with Crippen molar-refractivity contribution in [2.24, 2.45) is 11.3 Å². The molecule has 3 N–H and O–H groups in total. The normalized spacial score (nSPS) is 19.9. The lowest BCUT2D eigenvalue weighted by Crippen LogP contribution is -2.31. The maximum absolute atomic E-state index is 14.6. The fourth-order valence-electron chi connectivity index (χ4n) is 3.96. The summed E-state index contributed by atoms with van der Waals surface area (Å²) in [5.74, 6) is -2.42. The molecule has 1 fully saturated rings. The Morgan fingerprint density at radius 2 is 2.09 bits per heavy atom. The second kappa shape index (κ2) is 8.78. The molecule has 0 aromatic heterocycles. The molecule has 1 aliphatic carbocycles. The summed E-state index contributed by atoms with van der Waals surface area (Å²) in [5.41, 5.74) is 8.66. The SMILES string of the molecule is CC(C(=O)O)C1=Cc2ccccc2C1NNc1cc(CN2OCC(C)(C)C2=O)c(F)cc1Cl. The van der Waals surface area contributed by atoms with Crippen LogP contribution in [0.25, 0.3) is 6.08 Å². The number of hydroxylamine groups is 2. The Bertz CT molecular complexity index is 1150. The smallest absolute Gasteiger partial charge is 0.310 e. The van der Waals surface area contributed by atoms with E-state index in [1.54, 1.807) is 20.8 Å². The Labute approximate surface area is 196 Å². The second-order valence-corrected chi connectivity index (χ2v) is 9.37. The number of carboxylic acid groups (broad SMARTS) is 1. The molecule has 1 heterocycles. The van der Waals surface area contributed by atoms with Crippen LogP contribution in [0.4, 0.5) is 10.1 Å². The van der Waals surface area contributed by atoms with Crippen molar-refractivity contribution in [1.82, 2.24) is 10.5 Å². The van der Waals surface area contributed by atoms with E-state index in [-0.39, 0.29) is 29.6 Å². The number of carbonyl (C=O) groups excluding carboxylic acids is 1. The summed E-state index contributed by atoms with van der Waals surface area (Å²) in [4.78, 5) is 29.5. The lowest BCUT2D eigenvalue weighted by molar-refractivity contribution is -0.165. The number of carbonyl (C=O) groups is 2. The van der Waals surface area contributed by atoms with Gasteiger partial charge in [-0.3, -0.25) is 14.4 Å². The predicted molar refractivity (Wildman–Crippen MR) is 122 cm³/mol. The maximum Gasteiger partial charge on any atom is 0.310 e. The van der Waals surface area contributed by atoms with Crippen molar-refractivity contribution in [3.05, 3.63) is 69.5 Å². The van der Waals surface area contributed by atoms with Crippen LogP contribution in [-0.2, 0) is 21.0 Å². The van der Waals surface area contributed by atoms with Gasteiger partial charge >= 0.3 is 5.97 Å². The Morgan fingerprint density at radius 1 is 1.36 bits per heavy atom. The Kier molecular flexibility index (Phi) is 6.18. The van der Waals surface area contributed by atoms with Gasteiger partial charge in [0.15, 0.2) is 0 Å². The minimum absolute atomic E-state index is 0.0621. The van der Waals surface area contributed by atoms with Gasteiger partial charge in [0.2, 0.25) is 0 Å². The molecule has 2 aromatic rings. The van der Waals surface area contributed by atoms with Gasteiger partial charge in [-0.15, -0.1) is 0 Å². The second-order valence-electron chi connectivity index (χ2n) is 8.96. The van der Waals surface area contributed by atoms with Crippen molar-refractivity contribution in [3.63, 3.8) is 0 Å². The van der Waals surface area contributed by atoms with Gasteiger partial charge in [-0.05, 0) is 49.6 Å². The van der Waals surface area contributed by atoms with Crippen molar-refractivity contribution >= 4 is 35.2 Å². The number of hydrogen-bond acceptors (Lipinski definition) is 5. The molecule has 2 atom stereocenters. The first kappa shape index (κ1) is 23.2. The highest BCUT2D eigenvalue weighted by atomic mass is 35.5. The van der Waals surface area contributed by atoms with Crippen molar-refractivity contribution in [1.29, 1.82) is 0 Å². The van der Waals surface area contributed by atoms with Gasteiger partial charge in [0.05, 0.1) is 41.2 Å². The quantitative estimate of drug-likeness (QED) is 0.511. The van der Waals surface area contributed by atoms with Crippen molar-refractivity contribution in [2.75, 3.05) is 12.0 Å². The number of aliphatic carboxylic acids is 1. The van der Waals surface area contributed by atoms with Crippen LogP contribution in [0, 0.1) is 17.2 Å². The average Bonchev–Trinajstić information content (AvgIpc) is 3.26. The fraction of sp³-hybridized carbons (Fsp3) is 0.333. The number of hydrogen-bond donors (Lipinski definition) is 3. The molecular formula is C24H25ClFN3O4. The molecule has 0 bridgehead atoms. The number of nitrogens with one attached hydrogen (secondary N) is 2. The van der Waals surface area contributed by atoms with E-state index in [0.29, 0.717) is 11.3 Å². The van der Waals surface area contributed by atoms with Crippen LogP contribution in [0.1, 0.15) is 43.5 Å². The highest BCUT2D eigenvalue weighted by Crippen LogP contribution is 2.39. The third kappa shape index (κ3) is 4.46. The molecule has 9 heteroatoms. The molecule has 4 rings (SSSR count). The van der Waals surface area contributed by atoms with Crippen LogP contribution in [0.2, 0.25) is 5.02 Å². The number of fused-ring (bicyclic) bond motifs is 1. The van der Waals surface area contributed by atoms with Crippen LogP contribution in [-0.4, -0.2) is 28.7 Å². The van der Waals surface area contributed by atoms with Crippen LogP contribution < -0.4 is 10.9 Å². The summed E-state index contributed by atoms with van der Waals surface area (Å²) in [5, 5.41) is 10.8. The molecule has 2 aromatic carbocycles. The zero-order valence-electron chi connectivity index (χ0n) is 18.5. The Hall–Kier alpha value is -2.94. The zero-order valence-corrected chi connectivity index (χ0v) is 19.2. The number of benzene rings is 2. The molecule has 1 aliphatic heterocycles. The zero-order chi connectivity index (χ0) is 23.9. The van der Waals surface area contributed by atoms with E-state index in [4.69, 9.17) is 16.4 Å². The first-order chi connectivity index (χ1) is 15.6. The first-order valence-corrected chi connectivity index (χ1v) is 10.9. The largest absolute Gasteiger partial charge is 0.481 e. The van der Waals surface area contributed by atoms with E-state index < -0.39 is 29.2 Å². The molecule has 0 spiro atoms. The fourth-order valence-corrected chi connectivity index (χ4v) is 4.15. The van der Waals surface area contributed by atoms with Gasteiger partial charge in [-0.1, -0.05) is 41.9 Å². The summed E-state index contributed by atoms with van der Waals surface area (Å²) in [7, 11) is 0. The molecule has 1 saturated heterocycles. The monoisotopic (exact) mass is 473 g/mol. The van der Waals surface area contributed by atoms with E-state index in [9.17, 15) is 19.1 Å². The highest BCUT2D eigenvalue weighted by Gasteiger charge is 2.40. The first-order valence-electron chi connectivity index (χ1n) is 10.6. The molecule has 174 valence electrons. The van der Waals surface area contributed by atoms with Gasteiger partial charge in [0.25, 0.3) is 5.91 Å². The van der Waals surface area contributed by atoms with E-state index in [1.807, 2.05) is 30.3 Å². The lowest BCUT2D eigenvalue weighted by Gasteiger charge is -2.23. The number of rotatable bonds is 7. The van der Waals surface area contributed by atoms with E-state index >= 15 is 0 Å². The van der Waals surface area contributed by atoms with Crippen molar-refractivity contribution in [3.8, 4) is 0 Å². The molecule has 0 radical (unpaired) electrons. The van der Waals surface area contributed by atoms with E-state index in [2.05, 4.69) is 10.9 Å². The number of halogens is 2. The Morgan fingerprint density at radius 3 is 2.76 bits per heavy atom. The molecule has 2 aliphatic rings. The molecular weight excluding hydrogens is 449 g/mol. The molecule has 1 amide bonds. The highest BCUT2D eigenvalue weighted by molar-refractivity contribution is 6.33. The number of anilines is 1. The number of hydrazine groups is 1. The summed E-state index contributed by atoms with van der Waals surface area (Å²) in [6.45, 7) is 5.34. The van der Waals surface area contributed by atoms with Gasteiger partial charge < -0.3 is 10.5 Å². The third-order valence-corrected chi connectivity index (χ3v) is 6.33. The number of nitrogens with zero attached hydrogens (tertiary/aromatic N) is 1. The van der Waals surface area contributed by atoms with Crippen LogP contribution >= 0.6 is 11.6 Å². The average molecular weight is 474 g/mol. The summed E-state index contributed by atoms with van der Waals surface area (Å²) in [6, 6.07) is 9.88. The molecule has 33 heavy (non-hydrogen) atoms. The summed E-state index contributed by atoms with van der Waals surface area (Å²) < 4.78 is 14.6. The van der Waals surface area contributed by atoms with E-state index in [1.165, 1.54) is 12.1 Å². The van der Waals surface area contributed by atoms with E-state index in [0.717, 1.165) is 16.2 Å². The number of carboxylic acids is 1. The van der Waals surface area contributed by atoms with Crippen LogP contribution in [0.5, 0.6) is 0 Å². The summed E-state index contributed by atoms with van der Waals surface area (Å²) in [6.07, 6.45) is 1.86. The topological polar surface area (TPSA) is 90.9 Å². The van der Waals surface area contributed by atoms with Gasteiger partial charge in [0, 0.05) is 5.56 Å². The summed E-state index contributed by atoms with van der Waals surface area (Å²) >= 11 is 6.26. The van der Waals surface area contributed by atoms with Crippen LogP contribution in [0.15, 0.2) is 42.0 Å². The third-order valence-electron chi connectivity index (χ3n) is 6.02. The molecule has 7 nitrogen and oxygen atoms in total. The van der Waals surface area contributed by atoms with Gasteiger partial charge in [0.1, 0.15) is 5.82 Å². The Balaban J connectivity index is 1.55. The van der Waals surface area contributed by atoms with Crippen LogP contribution in [0.3, 0.4) is 0 Å². The standard InChI is InChI=1S/C24H25ClFN3O4/c1-13(22(30)31)17-8-14-6-4-5-7-16(14)21(17)28-27-20-9-15(19(26)10-18(20)25)11-29-23(32)24(2,3)12-33-29/h4-10,13,21,27-28H,11-12H2,1-3H3,(H,30,31). The number of amides is 1. The van der Waals surface area contributed by atoms with Crippen molar-refractivity contribution < 1.29 is 23.9 Å². The van der Waals surface area contributed by atoms with Gasteiger partial charge in [-0.25, -0.2) is 14.9 Å². The predicted octanol–water partition coefficient (Wildman–Crippen LogP) is 4.55. The van der Waals surface area contributed by atoms with Crippen molar-refractivity contribution in [2.45, 2.75) is 33.4 Å². The lowest BCUT2D eigenvalue weighted by atomic mass is 9.95. The minimum atomic E-state index is -0.929. The molecule has 2 unspecified atom stereocenters. The minimum Gasteiger partial charge on any atom is -0.481 e.